The summed E-state index contributed by atoms with van der Waals surface area (Å²) in [4.78, 5) is 25.2. The number of aromatic nitrogens is 1. The van der Waals surface area contributed by atoms with E-state index < -0.39 is 17.8 Å². The first-order valence-electron chi connectivity index (χ1n) is 15.3. The van der Waals surface area contributed by atoms with Gasteiger partial charge in [0.1, 0.15) is 29.9 Å². The van der Waals surface area contributed by atoms with E-state index in [1.165, 1.54) is 11.0 Å². The molecule has 0 unspecified atom stereocenters. The number of pyridine rings is 1. The van der Waals surface area contributed by atoms with Gasteiger partial charge in [0.2, 0.25) is 5.88 Å². The van der Waals surface area contributed by atoms with Gasteiger partial charge in [0.15, 0.2) is 5.83 Å². The van der Waals surface area contributed by atoms with Gasteiger partial charge < -0.3 is 24.3 Å². The van der Waals surface area contributed by atoms with Crippen LogP contribution in [0.5, 0.6) is 5.88 Å². The van der Waals surface area contributed by atoms with Crippen molar-refractivity contribution in [3.8, 4) is 18.0 Å². The molecule has 0 N–H and O–H groups in total. The summed E-state index contributed by atoms with van der Waals surface area (Å²) in [6.07, 6.45) is 2.61. The Morgan fingerprint density at radius 1 is 1.09 bits per heavy atom. The van der Waals surface area contributed by atoms with Crippen molar-refractivity contribution < 1.29 is 18.3 Å². The lowest BCUT2D eigenvalue weighted by atomic mass is 9.94. The molecule has 6 rings (SSSR count). The molecule has 2 saturated heterocycles. The number of anilines is 2. The van der Waals surface area contributed by atoms with Gasteiger partial charge in [-0.1, -0.05) is 30.8 Å². The molecule has 9 nitrogen and oxygen atoms in total. The van der Waals surface area contributed by atoms with Gasteiger partial charge in [-0.3, -0.25) is 4.79 Å². The molecule has 232 valence electrons. The molecule has 2 fully saturated rings. The molecule has 2 aromatic carbocycles. The number of nitriles is 2. The van der Waals surface area contributed by atoms with Crippen LogP contribution in [0.25, 0.3) is 10.8 Å². The number of halogens is 2. The van der Waals surface area contributed by atoms with Crippen LogP contribution in [0, 0.1) is 28.5 Å². The van der Waals surface area contributed by atoms with Crippen LogP contribution in [0.3, 0.4) is 0 Å². The predicted octanol–water partition coefficient (Wildman–Crippen LogP) is 4.70. The van der Waals surface area contributed by atoms with E-state index in [9.17, 15) is 19.7 Å². The van der Waals surface area contributed by atoms with Gasteiger partial charge in [0.25, 0.3) is 5.91 Å². The number of fused-ring (bicyclic) bond motifs is 2. The van der Waals surface area contributed by atoms with E-state index in [2.05, 4.69) is 35.6 Å². The fourth-order valence-corrected chi connectivity index (χ4v) is 6.93. The Bertz CT molecular complexity index is 1730. The molecule has 1 aromatic heterocycles. The van der Waals surface area contributed by atoms with Crippen LogP contribution in [-0.4, -0.2) is 79.2 Å². The van der Waals surface area contributed by atoms with Crippen molar-refractivity contribution in [1.82, 2.24) is 14.8 Å². The van der Waals surface area contributed by atoms with Gasteiger partial charge >= 0.3 is 0 Å². The molecule has 2 atom stereocenters. The number of amides is 1. The Balaban J connectivity index is 1.40. The van der Waals surface area contributed by atoms with Crippen molar-refractivity contribution in [2.45, 2.75) is 44.3 Å². The second-order valence-corrected chi connectivity index (χ2v) is 11.9. The Hall–Kier alpha value is -4.74. The maximum absolute atomic E-state index is 15.1. The molecule has 0 saturated carbocycles. The summed E-state index contributed by atoms with van der Waals surface area (Å²) in [6, 6.07) is 14.8. The molecule has 4 heterocycles. The van der Waals surface area contributed by atoms with Crippen molar-refractivity contribution in [1.29, 1.82) is 10.5 Å². The highest BCUT2D eigenvalue weighted by molar-refractivity contribution is 5.95. The quantitative estimate of drug-likeness (QED) is 0.355. The van der Waals surface area contributed by atoms with Crippen LogP contribution in [0.15, 0.2) is 48.8 Å². The first-order chi connectivity index (χ1) is 21.8. The van der Waals surface area contributed by atoms with Crippen LogP contribution >= 0.6 is 0 Å². The zero-order valence-electron chi connectivity index (χ0n) is 25.3. The number of rotatable bonds is 7. The van der Waals surface area contributed by atoms with Gasteiger partial charge in [-0.2, -0.15) is 15.5 Å². The standard InChI is InChI=1S/C34H35F2N7O2/c1-22(35)34(44)43-17-16-42(19-24(43)11-13-37)32-26-12-15-41(30-10-4-7-23-6-3-9-29(36)31(23)30)20-28(26)27(18-38)33(39-32)45-21-25-8-5-14-40(25)2/h3-4,6-7,9-10,24-25H,1,5,8,11-12,14-17,19-21H2,2H3/t24-,25+/m1/s1. The largest absolute Gasteiger partial charge is 0.475 e. The third-order valence-electron chi connectivity index (χ3n) is 9.31. The normalized spacial score (nSPS) is 20.1. The van der Waals surface area contributed by atoms with Crippen molar-refractivity contribution in [2.24, 2.45) is 0 Å². The third-order valence-corrected chi connectivity index (χ3v) is 9.31. The summed E-state index contributed by atoms with van der Waals surface area (Å²) in [5.74, 6) is -1.30. The molecule has 11 heteroatoms. The van der Waals surface area contributed by atoms with Crippen molar-refractivity contribution in [3.05, 3.63) is 71.3 Å². The average Bonchev–Trinajstić information content (AvgIpc) is 3.46. The van der Waals surface area contributed by atoms with Crippen molar-refractivity contribution >= 4 is 28.2 Å². The maximum Gasteiger partial charge on any atom is 0.282 e. The number of likely N-dealkylation sites (tertiary alicyclic amines) is 1. The molecule has 0 radical (unpaired) electrons. The second kappa shape index (κ2) is 12.7. The first-order valence-corrected chi connectivity index (χ1v) is 15.3. The minimum Gasteiger partial charge on any atom is -0.475 e. The highest BCUT2D eigenvalue weighted by Gasteiger charge is 2.36. The van der Waals surface area contributed by atoms with E-state index in [0.717, 1.165) is 41.6 Å². The monoisotopic (exact) mass is 611 g/mol. The lowest BCUT2D eigenvalue weighted by Crippen LogP contribution is -2.55. The zero-order chi connectivity index (χ0) is 31.7. The fraction of sp³-hybridized carbons (Fsp3) is 0.412. The number of hydrogen-bond donors (Lipinski definition) is 0. The minimum absolute atomic E-state index is 0.0196. The Kier molecular flexibility index (Phi) is 8.55. The predicted molar refractivity (Wildman–Crippen MR) is 167 cm³/mol. The molecule has 0 aliphatic carbocycles. The van der Waals surface area contributed by atoms with E-state index >= 15 is 4.39 Å². The number of ether oxygens (including phenoxy) is 1. The maximum atomic E-state index is 15.1. The zero-order valence-corrected chi connectivity index (χ0v) is 25.3. The van der Waals surface area contributed by atoms with Crippen LogP contribution in [-0.2, 0) is 17.8 Å². The average molecular weight is 612 g/mol. The topological polar surface area (TPSA) is 99.7 Å². The number of carbonyl (C=O) groups is 1. The summed E-state index contributed by atoms with van der Waals surface area (Å²) in [5, 5.41) is 21.3. The number of hydrogen-bond acceptors (Lipinski definition) is 8. The highest BCUT2D eigenvalue weighted by atomic mass is 19.1. The van der Waals surface area contributed by atoms with E-state index in [0.29, 0.717) is 49.4 Å². The SMILES string of the molecule is C=C(F)C(=O)N1CCN(c2nc(OC[C@@H]3CCCN3C)c(C#N)c3c2CCN(c2cccc4cccc(F)c24)C3)C[C@H]1CC#N. The number of nitrogens with zero attached hydrogens (tertiary/aromatic N) is 7. The summed E-state index contributed by atoms with van der Waals surface area (Å²) in [7, 11) is 2.06. The lowest BCUT2D eigenvalue weighted by molar-refractivity contribution is -0.131. The lowest BCUT2D eigenvalue weighted by Gasteiger charge is -2.42. The summed E-state index contributed by atoms with van der Waals surface area (Å²) in [6.45, 7) is 6.25. The first kappa shape index (κ1) is 30.3. The van der Waals surface area contributed by atoms with Gasteiger partial charge in [0, 0.05) is 61.0 Å². The fourth-order valence-electron chi connectivity index (χ4n) is 6.93. The van der Waals surface area contributed by atoms with E-state index in [1.54, 1.807) is 6.07 Å². The second-order valence-electron chi connectivity index (χ2n) is 11.9. The summed E-state index contributed by atoms with van der Waals surface area (Å²) >= 11 is 0. The van der Waals surface area contributed by atoms with Gasteiger partial charge in [-0.05, 0) is 50.4 Å². The van der Waals surface area contributed by atoms with E-state index in [1.807, 2.05) is 29.2 Å². The molecule has 0 spiro atoms. The van der Waals surface area contributed by atoms with Crippen molar-refractivity contribution in [3.63, 3.8) is 0 Å². The Morgan fingerprint density at radius 2 is 1.89 bits per heavy atom. The number of benzene rings is 2. The molecule has 0 bridgehead atoms. The number of piperazine rings is 1. The Labute approximate surface area is 261 Å². The van der Waals surface area contributed by atoms with Crippen LogP contribution < -0.4 is 14.5 Å². The summed E-state index contributed by atoms with van der Waals surface area (Å²) in [5.41, 5.74) is 2.76. The summed E-state index contributed by atoms with van der Waals surface area (Å²) < 4.78 is 35.3. The van der Waals surface area contributed by atoms with E-state index in [4.69, 9.17) is 9.72 Å². The van der Waals surface area contributed by atoms with Crippen LogP contribution in [0.2, 0.25) is 0 Å². The molecule has 45 heavy (non-hydrogen) atoms. The van der Waals surface area contributed by atoms with Gasteiger partial charge in [-0.15, -0.1) is 0 Å². The van der Waals surface area contributed by atoms with Crippen molar-refractivity contribution in [2.75, 3.05) is 56.2 Å². The molecular formula is C34H35F2N7O2. The Morgan fingerprint density at radius 3 is 2.60 bits per heavy atom. The molecule has 3 aliphatic heterocycles. The molecule has 1 amide bonds. The molecule has 3 aromatic rings. The third kappa shape index (κ3) is 5.76. The number of likely N-dealkylation sites (N-methyl/N-ethyl adjacent to an activating group) is 1. The highest BCUT2D eigenvalue weighted by Crippen LogP contribution is 2.39. The van der Waals surface area contributed by atoms with E-state index in [-0.39, 0.29) is 37.2 Å². The van der Waals surface area contributed by atoms with Gasteiger partial charge in [-0.25, -0.2) is 8.78 Å². The molecular weight excluding hydrogens is 576 g/mol. The molecule has 3 aliphatic rings. The number of carbonyl (C=O) groups excluding carboxylic acids is 1. The minimum atomic E-state index is -1.06. The van der Waals surface area contributed by atoms with Gasteiger partial charge in [0.05, 0.1) is 18.5 Å². The smallest absolute Gasteiger partial charge is 0.282 e. The van der Waals surface area contributed by atoms with Crippen LogP contribution in [0.1, 0.15) is 36.0 Å². The van der Waals surface area contributed by atoms with Crippen LogP contribution in [0.4, 0.5) is 20.3 Å².